The number of thioether (sulfide) groups is 1. The summed E-state index contributed by atoms with van der Waals surface area (Å²) in [5, 5.41) is 9.80. The van der Waals surface area contributed by atoms with Crippen LogP contribution in [0.4, 0.5) is 0 Å². The van der Waals surface area contributed by atoms with E-state index in [9.17, 15) is 4.79 Å². The molecule has 3 heterocycles. The minimum atomic E-state index is -0.130. The van der Waals surface area contributed by atoms with Gasteiger partial charge in [0, 0.05) is 6.54 Å². The molecule has 0 radical (unpaired) electrons. The van der Waals surface area contributed by atoms with Gasteiger partial charge in [-0.05, 0) is 31.2 Å². The van der Waals surface area contributed by atoms with E-state index in [0.29, 0.717) is 40.6 Å². The molecule has 0 amide bonds. The number of aromatic amines is 1. The summed E-state index contributed by atoms with van der Waals surface area (Å²) in [5.41, 5.74) is 0.560. The highest BCUT2D eigenvalue weighted by Crippen LogP contribution is 2.25. The largest absolute Gasteiger partial charge is 0.461 e. The van der Waals surface area contributed by atoms with Gasteiger partial charge >= 0.3 is 0 Å². The monoisotopic (exact) mass is 353 g/mol. The molecule has 7 nitrogen and oxygen atoms in total. The third kappa shape index (κ3) is 2.96. The maximum atomic E-state index is 12.1. The minimum absolute atomic E-state index is 0.130. The second-order valence-corrected chi connectivity index (χ2v) is 6.29. The highest BCUT2D eigenvalue weighted by molar-refractivity contribution is 7.98. The summed E-state index contributed by atoms with van der Waals surface area (Å²) in [6, 6.07) is 11.0. The average molecular weight is 353 g/mol. The topological polar surface area (TPSA) is 89.6 Å². The SMILES string of the molecule is CCn1c(SCc2nc3ccccc3c(=O)[nH]2)nnc1-c1ccco1. The Balaban J connectivity index is 1.61. The van der Waals surface area contributed by atoms with Crippen LogP contribution in [0.1, 0.15) is 12.7 Å². The molecule has 0 saturated heterocycles. The first-order chi connectivity index (χ1) is 12.3. The zero-order valence-electron chi connectivity index (χ0n) is 13.5. The van der Waals surface area contributed by atoms with E-state index in [0.717, 1.165) is 5.16 Å². The van der Waals surface area contributed by atoms with Crippen LogP contribution < -0.4 is 5.56 Å². The van der Waals surface area contributed by atoms with Gasteiger partial charge in [0.2, 0.25) is 0 Å². The van der Waals surface area contributed by atoms with Gasteiger partial charge in [-0.25, -0.2) is 4.98 Å². The maximum absolute atomic E-state index is 12.1. The Bertz CT molecular complexity index is 1070. The molecule has 0 spiro atoms. The van der Waals surface area contributed by atoms with Gasteiger partial charge in [-0.2, -0.15) is 0 Å². The molecule has 126 valence electrons. The molecule has 4 aromatic rings. The summed E-state index contributed by atoms with van der Waals surface area (Å²) in [6.07, 6.45) is 1.61. The molecule has 3 aromatic heterocycles. The quantitative estimate of drug-likeness (QED) is 0.555. The molecule has 25 heavy (non-hydrogen) atoms. The van der Waals surface area contributed by atoms with E-state index in [-0.39, 0.29) is 5.56 Å². The van der Waals surface area contributed by atoms with Crippen LogP contribution in [0.15, 0.2) is 57.0 Å². The number of hydrogen-bond acceptors (Lipinski definition) is 6. The molecular weight excluding hydrogens is 338 g/mol. The van der Waals surface area contributed by atoms with E-state index < -0.39 is 0 Å². The third-order valence-electron chi connectivity index (χ3n) is 3.77. The standard InChI is InChI=1S/C17H15N5O2S/c1-2-22-15(13-8-5-9-24-13)20-21-17(22)25-10-14-18-12-7-4-3-6-11(12)16(23)19-14/h3-9H,2,10H2,1H3,(H,18,19,23). The second kappa shape index (κ2) is 6.56. The van der Waals surface area contributed by atoms with Gasteiger partial charge in [-0.15, -0.1) is 10.2 Å². The Morgan fingerprint density at radius 2 is 2.08 bits per heavy atom. The molecule has 1 N–H and O–H groups in total. The van der Waals surface area contributed by atoms with E-state index in [1.165, 1.54) is 11.8 Å². The highest BCUT2D eigenvalue weighted by Gasteiger charge is 2.15. The molecule has 0 aliphatic heterocycles. The van der Waals surface area contributed by atoms with Crippen molar-refractivity contribution in [3.63, 3.8) is 0 Å². The fourth-order valence-electron chi connectivity index (χ4n) is 2.60. The summed E-state index contributed by atoms with van der Waals surface area (Å²) in [7, 11) is 0. The molecule has 0 fully saturated rings. The van der Waals surface area contributed by atoms with Gasteiger partial charge in [0.25, 0.3) is 5.56 Å². The van der Waals surface area contributed by atoms with Crippen molar-refractivity contribution in [3.8, 4) is 11.6 Å². The average Bonchev–Trinajstić information content (AvgIpc) is 3.29. The van der Waals surface area contributed by atoms with Crippen molar-refractivity contribution < 1.29 is 4.42 Å². The molecule has 0 aliphatic rings. The molecule has 0 saturated carbocycles. The first-order valence-electron chi connectivity index (χ1n) is 7.84. The summed E-state index contributed by atoms with van der Waals surface area (Å²) in [5.74, 6) is 2.48. The van der Waals surface area contributed by atoms with E-state index in [1.54, 1.807) is 12.3 Å². The number of hydrogen-bond donors (Lipinski definition) is 1. The van der Waals surface area contributed by atoms with Crippen LogP contribution in [-0.4, -0.2) is 24.7 Å². The predicted molar refractivity (Wildman–Crippen MR) is 95.3 cm³/mol. The molecule has 4 rings (SSSR count). The molecule has 0 atom stereocenters. The number of H-pyrrole nitrogens is 1. The fraction of sp³-hybridized carbons (Fsp3) is 0.176. The van der Waals surface area contributed by atoms with Crippen LogP contribution in [0, 0.1) is 0 Å². The third-order valence-corrected chi connectivity index (χ3v) is 4.75. The normalized spacial score (nSPS) is 11.2. The van der Waals surface area contributed by atoms with E-state index in [2.05, 4.69) is 20.2 Å². The fourth-order valence-corrected chi connectivity index (χ4v) is 3.48. The van der Waals surface area contributed by atoms with Gasteiger partial charge in [-0.3, -0.25) is 9.36 Å². The number of aromatic nitrogens is 5. The zero-order chi connectivity index (χ0) is 17.2. The molecule has 8 heteroatoms. The molecular formula is C17H15N5O2S. The van der Waals surface area contributed by atoms with Crippen molar-refractivity contribution in [1.29, 1.82) is 0 Å². The lowest BCUT2D eigenvalue weighted by molar-refractivity contribution is 0.567. The number of rotatable bonds is 5. The number of fused-ring (bicyclic) bond motifs is 1. The number of para-hydroxylation sites is 1. The van der Waals surface area contributed by atoms with Crippen molar-refractivity contribution in [1.82, 2.24) is 24.7 Å². The molecule has 0 aliphatic carbocycles. The second-order valence-electron chi connectivity index (χ2n) is 5.35. The number of benzene rings is 1. The van der Waals surface area contributed by atoms with Gasteiger partial charge in [0.05, 0.1) is 22.9 Å². The van der Waals surface area contributed by atoms with E-state index >= 15 is 0 Å². The Kier molecular flexibility index (Phi) is 4.10. The summed E-state index contributed by atoms with van der Waals surface area (Å²) in [6.45, 7) is 2.74. The van der Waals surface area contributed by atoms with Crippen LogP contribution in [0.2, 0.25) is 0 Å². The van der Waals surface area contributed by atoms with Gasteiger partial charge in [0.1, 0.15) is 5.82 Å². The highest BCUT2D eigenvalue weighted by atomic mass is 32.2. The van der Waals surface area contributed by atoms with Crippen LogP contribution in [-0.2, 0) is 12.3 Å². The van der Waals surface area contributed by atoms with Crippen LogP contribution in [0.25, 0.3) is 22.5 Å². The van der Waals surface area contributed by atoms with Crippen molar-refractivity contribution in [3.05, 3.63) is 58.8 Å². The maximum Gasteiger partial charge on any atom is 0.258 e. The number of nitrogens with one attached hydrogen (secondary N) is 1. The molecule has 0 bridgehead atoms. The Hall–Kier alpha value is -2.87. The van der Waals surface area contributed by atoms with E-state index in [1.807, 2.05) is 41.8 Å². The van der Waals surface area contributed by atoms with Crippen LogP contribution in [0.3, 0.4) is 0 Å². The smallest absolute Gasteiger partial charge is 0.258 e. The lowest BCUT2D eigenvalue weighted by Crippen LogP contribution is -2.11. The van der Waals surface area contributed by atoms with Crippen molar-refractivity contribution in [2.75, 3.05) is 0 Å². The summed E-state index contributed by atoms with van der Waals surface area (Å²) >= 11 is 1.48. The molecule has 0 unspecified atom stereocenters. The first-order valence-corrected chi connectivity index (χ1v) is 8.82. The Morgan fingerprint density at radius 3 is 2.88 bits per heavy atom. The van der Waals surface area contributed by atoms with Gasteiger partial charge in [0.15, 0.2) is 16.7 Å². The summed E-state index contributed by atoms with van der Waals surface area (Å²) < 4.78 is 7.38. The number of furan rings is 1. The van der Waals surface area contributed by atoms with Crippen LogP contribution >= 0.6 is 11.8 Å². The lowest BCUT2D eigenvalue weighted by atomic mass is 10.2. The van der Waals surface area contributed by atoms with Gasteiger partial charge in [-0.1, -0.05) is 23.9 Å². The Morgan fingerprint density at radius 1 is 1.20 bits per heavy atom. The minimum Gasteiger partial charge on any atom is -0.461 e. The molecule has 1 aromatic carbocycles. The van der Waals surface area contributed by atoms with Crippen molar-refractivity contribution in [2.45, 2.75) is 24.4 Å². The summed E-state index contributed by atoms with van der Waals surface area (Å²) in [4.78, 5) is 19.5. The van der Waals surface area contributed by atoms with Crippen LogP contribution in [0.5, 0.6) is 0 Å². The Labute approximate surface area is 147 Å². The lowest BCUT2D eigenvalue weighted by Gasteiger charge is -2.06. The number of nitrogens with zero attached hydrogens (tertiary/aromatic N) is 4. The zero-order valence-corrected chi connectivity index (χ0v) is 14.3. The van der Waals surface area contributed by atoms with Gasteiger partial charge < -0.3 is 9.40 Å². The van der Waals surface area contributed by atoms with Crippen molar-refractivity contribution in [2.24, 2.45) is 0 Å². The predicted octanol–water partition coefficient (Wildman–Crippen LogP) is 3.09. The van der Waals surface area contributed by atoms with Crippen molar-refractivity contribution >= 4 is 22.7 Å². The first kappa shape index (κ1) is 15.6. The van der Waals surface area contributed by atoms with E-state index in [4.69, 9.17) is 4.42 Å².